The van der Waals surface area contributed by atoms with Crippen LogP contribution in [-0.2, 0) is 4.74 Å². The van der Waals surface area contributed by atoms with Gasteiger partial charge < -0.3 is 14.8 Å². The van der Waals surface area contributed by atoms with Crippen molar-refractivity contribution in [3.63, 3.8) is 0 Å². The average molecular weight is 315 g/mol. The molecule has 120 valence electrons. The topological polar surface area (TPSA) is 90.4 Å². The van der Waals surface area contributed by atoms with Gasteiger partial charge in [0.05, 0.1) is 13.2 Å². The van der Waals surface area contributed by atoms with Crippen LogP contribution >= 0.6 is 0 Å². The Labute approximate surface area is 133 Å². The first-order chi connectivity index (χ1) is 11.0. The van der Waals surface area contributed by atoms with Gasteiger partial charge in [-0.15, -0.1) is 0 Å². The normalized spacial score (nSPS) is 10.3. The maximum atomic E-state index is 12.3. The van der Waals surface area contributed by atoms with Crippen molar-refractivity contribution in [1.29, 1.82) is 0 Å². The highest BCUT2D eigenvalue weighted by Gasteiger charge is 2.12. The summed E-state index contributed by atoms with van der Waals surface area (Å²) in [5, 5.41) is 2.62. The Balaban J connectivity index is 2.14. The Kier molecular flexibility index (Phi) is 5.24. The summed E-state index contributed by atoms with van der Waals surface area (Å²) in [6.45, 7) is 3.74. The summed E-state index contributed by atoms with van der Waals surface area (Å²) in [6.07, 6.45) is 1.45. The number of amides is 1. The van der Waals surface area contributed by atoms with Crippen molar-refractivity contribution in [2.45, 2.75) is 20.0 Å². The number of aromatic nitrogens is 2. The second-order valence-corrected chi connectivity index (χ2v) is 4.90. The van der Waals surface area contributed by atoms with E-state index in [1.165, 1.54) is 19.4 Å². The van der Waals surface area contributed by atoms with Crippen LogP contribution in [0.25, 0.3) is 0 Å². The van der Waals surface area contributed by atoms with Crippen LogP contribution in [0.5, 0.6) is 5.88 Å². The van der Waals surface area contributed by atoms with Gasteiger partial charge in [0.1, 0.15) is 5.82 Å². The number of methoxy groups -OCH3 is 1. The van der Waals surface area contributed by atoms with E-state index < -0.39 is 5.97 Å². The molecule has 2 heterocycles. The largest absolute Gasteiger partial charge is 0.475 e. The molecule has 7 heteroatoms. The predicted molar refractivity (Wildman–Crippen MR) is 83.5 cm³/mol. The summed E-state index contributed by atoms with van der Waals surface area (Å²) < 4.78 is 10.0. The minimum Gasteiger partial charge on any atom is -0.475 e. The van der Waals surface area contributed by atoms with Gasteiger partial charge in [0.25, 0.3) is 5.91 Å². The molecule has 0 aliphatic heterocycles. The number of carbonyl (C=O) groups excluding carboxylic acids is 2. The third kappa shape index (κ3) is 4.50. The standard InChI is InChI=1S/C16H17N3O4/c1-10(2)23-14-9-11(7-8-17-14)15(20)19-13-6-4-5-12(18-13)16(21)22-3/h4-10H,1-3H3,(H,18,19,20). The van der Waals surface area contributed by atoms with Gasteiger partial charge >= 0.3 is 5.97 Å². The molecule has 7 nitrogen and oxygen atoms in total. The van der Waals surface area contributed by atoms with Gasteiger partial charge in [-0.1, -0.05) is 6.07 Å². The molecule has 2 aromatic heterocycles. The van der Waals surface area contributed by atoms with Gasteiger partial charge in [0.15, 0.2) is 5.69 Å². The molecular formula is C16H17N3O4. The van der Waals surface area contributed by atoms with E-state index in [4.69, 9.17) is 4.74 Å². The van der Waals surface area contributed by atoms with Crippen molar-refractivity contribution in [3.8, 4) is 5.88 Å². The van der Waals surface area contributed by atoms with Crippen molar-refractivity contribution >= 4 is 17.7 Å². The van der Waals surface area contributed by atoms with E-state index in [2.05, 4.69) is 20.0 Å². The van der Waals surface area contributed by atoms with Crippen LogP contribution in [-0.4, -0.2) is 35.1 Å². The third-order valence-electron chi connectivity index (χ3n) is 2.74. The minimum absolute atomic E-state index is 0.0424. The second kappa shape index (κ2) is 7.35. The molecule has 0 aliphatic carbocycles. The molecule has 0 unspecified atom stereocenters. The molecule has 1 N–H and O–H groups in total. The van der Waals surface area contributed by atoms with Crippen LogP contribution in [0, 0.1) is 0 Å². The van der Waals surface area contributed by atoms with Gasteiger partial charge in [-0.3, -0.25) is 4.79 Å². The van der Waals surface area contributed by atoms with Crippen molar-refractivity contribution in [2.75, 3.05) is 12.4 Å². The molecular weight excluding hydrogens is 298 g/mol. The first kappa shape index (κ1) is 16.4. The van der Waals surface area contributed by atoms with E-state index in [1.54, 1.807) is 24.3 Å². The Hall–Kier alpha value is -2.96. The number of carbonyl (C=O) groups is 2. The van der Waals surface area contributed by atoms with Gasteiger partial charge in [-0.25, -0.2) is 14.8 Å². The fourth-order valence-electron chi connectivity index (χ4n) is 1.77. The summed E-state index contributed by atoms with van der Waals surface area (Å²) in [4.78, 5) is 31.8. The fourth-order valence-corrected chi connectivity index (χ4v) is 1.77. The van der Waals surface area contributed by atoms with E-state index in [0.29, 0.717) is 11.4 Å². The number of pyridine rings is 2. The van der Waals surface area contributed by atoms with E-state index in [0.717, 1.165) is 0 Å². The summed E-state index contributed by atoms with van der Waals surface area (Å²) in [5.74, 6) is -0.335. The maximum Gasteiger partial charge on any atom is 0.356 e. The van der Waals surface area contributed by atoms with Gasteiger partial charge in [-0.2, -0.15) is 0 Å². The highest BCUT2D eigenvalue weighted by atomic mass is 16.5. The summed E-state index contributed by atoms with van der Waals surface area (Å²) >= 11 is 0. The zero-order valence-electron chi connectivity index (χ0n) is 13.1. The summed E-state index contributed by atoms with van der Waals surface area (Å²) in [6, 6.07) is 7.79. The van der Waals surface area contributed by atoms with E-state index in [9.17, 15) is 9.59 Å². The summed E-state index contributed by atoms with van der Waals surface area (Å²) in [5.41, 5.74) is 0.491. The number of nitrogens with zero attached hydrogens (tertiary/aromatic N) is 2. The van der Waals surface area contributed by atoms with Gasteiger partial charge in [0.2, 0.25) is 5.88 Å². The highest BCUT2D eigenvalue weighted by molar-refractivity contribution is 6.04. The Morgan fingerprint density at radius 3 is 2.70 bits per heavy atom. The van der Waals surface area contributed by atoms with Gasteiger partial charge in [-0.05, 0) is 32.0 Å². The van der Waals surface area contributed by atoms with E-state index in [1.807, 2.05) is 13.8 Å². The fraction of sp³-hybridized carbons (Fsp3) is 0.250. The van der Waals surface area contributed by atoms with Gasteiger partial charge in [0, 0.05) is 17.8 Å². The lowest BCUT2D eigenvalue weighted by Gasteiger charge is -2.10. The maximum absolute atomic E-state index is 12.3. The van der Waals surface area contributed by atoms with Crippen molar-refractivity contribution in [2.24, 2.45) is 0 Å². The number of anilines is 1. The monoisotopic (exact) mass is 315 g/mol. The number of esters is 1. The van der Waals surface area contributed by atoms with Crippen molar-refractivity contribution in [3.05, 3.63) is 47.8 Å². The van der Waals surface area contributed by atoms with Crippen LogP contribution in [0.2, 0.25) is 0 Å². The Morgan fingerprint density at radius 2 is 2.00 bits per heavy atom. The molecule has 0 aliphatic rings. The molecule has 0 saturated heterocycles. The molecule has 0 spiro atoms. The number of rotatable bonds is 5. The van der Waals surface area contributed by atoms with Crippen molar-refractivity contribution in [1.82, 2.24) is 9.97 Å². The smallest absolute Gasteiger partial charge is 0.356 e. The lowest BCUT2D eigenvalue weighted by atomic mass is 10.2. The van der Waals surface area contributed by atoms with Crippen LogP contribution in [0.15, 0.2) is 36.5 Å². The number of ether oxygens (including phenoxy) is 2. The van der Waals surface area contributed by atoms with Crippen LogP contribution in [0.4, 0.5) is 5.82 Å². The van der Waals surface area contributed by atoms with Crippen LogP contribution in [0.1, 0.15) is 34.7 Å². The molecule has 1 amide bonds. The molecule has 0 bridgehead atoms. The second-order valence-electron chi connectivity index (χ2n) is 4.90. The van der Waals surface area contributed by atoms with Crippen molar-refractivity contribution < 1.29 is 19.1 Å². The molecule has 0 aromatic carbocycles. The SMILES string of the molecule is COC(=O)c1cccc(NC(=O)c2ccnc(OC(C)C)c2)n1. The predicted octanol–water partition coefficient (Wildman–Crippen LogP) is 2.30. The van der Waals surface area contributed by atoms with Crippen LogP contribution in [0.3, 0.4) is 0 Å². The number of hydrogen-bond donors (Lipinski definition) is 1. The molecule has 0 radical (unpaired) electrons. The molecule has 2 rings (SSSR count). The Morgan fingerprint density at radius 1 is 1.22 bits per heavy atom. The first-order valence-corrected chi connectivity index (χ1v) is 6.99. The Bertz CT molecular complexity index is 716. The highest BCUT2D eigenvalue weighted by Crippen LogP contribution is 2.13. The lowest BCUT2D eigenvalue weighted by Crippen LogP contribution is -2.15. The minimum atomic E-state index is -0.572. The molecule has 23 heavy (non-hydrogen) atoms. The molecule has 0 fully saturated rings. The lowest BCUT2D eigenvalue weighted by molar-refractivity contribution is 0.0594. The molecule has 0 atom stereocenters. The van der Waals surface area contributed by atoms with Crippen LogP contribution < -0.4 is 10.1 Å². The quantitative estimate of drug-likeness (QED) is 0.851. The average Bonchev–Trinajstić information content (AvgIpc) is 2.54. The first-order valence-electron chi connectivity index (χ1n) is 6.99. The zero-order chi connectivity index (χ0) is 16.8. The van der Waals surface area contributed by atoms with E-state index >= 15 is 0 Å². The summed E-state index contributed by atoms with van der Waals surface area (Å²) in [7, 11) is 1.27. The zero-order valence-corrected chi connectivity index (χ0v) is 13.1. The third-order valence-corrected chi connectivity index (χ3v) is 2.74. The molecule has 2 aromatic rings. The number of nitrogens with one attached hydrogen (secondary N) is 1. The van der Waals surface area contributed by atoms with E-state index in [-0.39, 0.29) is 23.5 Å². The number of hydrogen-bond acceptors (Lipinski definition) is 6. The molecule has 0 saturated carbocycles.